The fourth-order valence-electron chi connectivity index (χ4n) is 1.06. The third-order valence-corrected chi connectivity index (χ3v) is 1.69. The number of nitrogen functional groups attached to an aromatic ring is 1. The van der Waals surface area contributed by atoms with Crippen molar-refractivity contribution in [2.24, 2.45) is 0 Å². The van der Waals surface area contributed by atoms with E-state index in [2.05, 4.69) is 25.6 Å². The second kappa shape index (κ2) is 6.46. The molecular formula is C9H16N6O2. The normalized spacial score (nSPS) is 9.76. The van der Waals surface area contributed by atoms with Gasteiger partial charge in [0, 0.05) is 6.54 Å². The summed E-state index contributed by atoms with van der Waals surface area (Å²) in [5, 5.41) is 5.37. The number of amides is 1. The van der Waals surface area contributed by atoms with Crippen LogP contribution in [0, 0.1) is 0 Å². The monoisotopic (exact) mass is 240 g/mol. The van der Waals surface area contributed by atoms with E-state index in [1.165, 1.54) is 0 Å². The lowest BCUT2D eigenvalue weighted by atomic mass is 10.5. The number of hydrogen-bond acceptors (Lipinski definition) is 7. The Bertz CT molecular complexity index is 384. The molecule has 1 aromatic heterocycles. The van der Waals surface area contributed by atoms with Gasteiger partial charge in [0.2, 0.25) is 17.8 Å². The van der Waals surface area contributed by atoms with E-state index >= 15 is 0 Å². The van der Waals surface area contributed by atoms with Gasteiger partial charge < -0.3 is 21.1 Å². The Kier molecular flexibility index (Phi) is 4.92. The van der Waals surface area contributed by atoms with Gasteiger partial charge in [-0.3, -0.25) is 4.79 Å². The third kappa shape index (κ3) is 4.49. The zero-order chi connectivity index (χ0) is 12.7. The van der Waals surface area contributed by atoms with Crippen LogP contribution in [0.3, 0.4) is 0 Å². The molecule has 0 aliphatic carbocycles. The van der Waals surface area contributed by atoms with E-state index < -0.39 is 0 Å². The molecule has 17 heavy (non-hydrogen) atoms. The third-order valence-electron chi connectivity index (χ3n) is 1.69. The van der Waals surface area contributed by atoms with Crippen LogP contribution in [0.4, 0.5) is 11.9 Å². The van der Waals surface area contributed by atoms with Crippen molar-refractivity contribution in [3.8, 4) is 6.01 Å². The minimum atomic E-state index is -0.149. The molecule has 0 aliphatic heterocycles. The molecule has 0 saturated heterocycles. The fourth-order valence-corrected chi connectivity index (χ4v) is 1.06. The van der Waals surface area contributed by atoms with Crippen molar-refractivity contribution in [3.63, 3.8) is 0 Å². The van der Waals surface area contributed by atoms with E-state index in [1.54, 1.807) is 0 Å². The second-order valence-electron chi connectivity index (χ2n) is 3.04. The van der Waals surface area contributed by atoms with Gasteiger partial charge in [0.1, 0.15) is 0 Å². The predicted octanol–water partition coefficient (Wildman–Crippen LogP) is -0.599. The number of ether oxygens (including phenoxy) is 1. The van der Waals surface area contributed by atoms with Crippen LogP contribution in [0.15, 0.2) is 0 Å². The molecule has 8 nitrogen and oxygen atoms in total. The summed E-state index contributed by atoms with van der Waals surface area (Å²) in [4.78, 5) is 22.8. The van der Waals surface area contributed by atoms with Crippen molar-refractivity contribution in [2.75, 3.05) is 30.7 Å². The summed E-state index contributed by atoms with van der Waals surface area (Å²) < 4.78 is 5.10. The number of nitrogens with two attached hydrogens (primary N) is 1. The molecule has 0 spiro atoms. The number of nitrogens with one attached hydrogen (secondary N) is 2. The van der Waals surface area contributed by atoms with Crippen LogP contribution >= 0.6 is 0 Å². The molecule has 1 aromatic rings. The standard InChI is InChI=1S/C9H16N6O2/c1-3-11-6(16)5-12-8-13-7(10)14-9(15-8)17-4-2/h3-5H2,1-2H3,(H,11,16)(H3,10,12,13,14,15). The van der Waals surface area contributed by atoms with Gasteiger partial charge in [-0.15, -0.1) is 0 Å². The zero-order valence-corrected chi connectivity index (χ0v) is 9.86. The Morgan fingerprint density at radius 2 is 2.12 bits per heavy atom. The van der Waals surface area contributed by atoms with Crippen LogP contribution in [-0.2, 0) is 4.79 Å². The summed E-state index contributed by atoms with van der Waals surface area (Å²) in [5.74, 6) is 0.110. The highest BCUT2D eigenvalue weighted by Crippen LogP contribution is 2.08. The Balaban J connectivity index is 2.61. The molecule has 0 atom stereocenters. The van der Waals surface area contributed by atoms with Gasteiger partial charge in [-0.05, 0) is 13.8 Å². The average molecular weight is 240 g/mol. The largest absolute Gasteiger partial charge is 0.464 e. The van der Waals surface area contributed by atoms with Crippen LogP contribution in [0.2, 0.25) is 0 Å². The number of anilines is 2. The maximum Gasteiger partial charge on any atom is 0.323 e. The molecular weight excluding hydrogens is 224 g/mol. The molecule has 1 amide bonds. The Hall–Kier alpha value is -2.12. The summed E-state index contributed by atoms with van der Waals surface area (Å²) in [6.07, 6.45) is 0. The maximum atomic E-state index is 11.2. The number of nitrogens with zero attached hydrogens (tertiary/aromatic N) is 3. The van der Waals surface area contributed by atoms with E-state index in [9.17, 15) is 4.79 Å². The smallest absolute Gasteiger partial charge is 0.323 e. The van der Waals surface area contributed by atoms with Gasteiger partial charge in [0.05, 0.1) is 13.2 Å². The number of rotatable bonds is 6. The molecule has 4 N–H and O–H groups in total. The van der Waals surface area contributed by atoms with Crippen LogP contribution in [0.25, 0.3) is 0 Å². The Morgan fingerprint density at radius 3 is 2.76 bits per heavy atom. The van der Waals surface area contributed by atoms with Crippen molar-refractivity contribution in [1.29, 1.82) is 0 Å². The lowest BCUT2D eigenvalue weighted by molar-refractivity contribution is -0.119. The topological polar surface area (TPSA) is 115 Å². The first-order chi connectivity index (χ1) is 8.15. The van der Waals surface area contributed by atoms with E-state index in [0.717, 1.165) is 0 Å². The van der Waals surface area contributed by atoms with Gasteiger partial charge in [-0.25, -0.2) is 0 Å². The first-order valence-corrected chi connectivity index (χ1v) is 5.30. The summed E-state index contributed by atoms with van der Waals surface area (Å²) >= 11 is 0. The molecule has 1 rings (SSSR count). The second-order valence-corrected chi connectivity index (χ2v) is 3.04. The van der Waals surface area contributed by atoms with Gasteiger partial charge in [-0.1, -0.05) is 0 Å². The van der Waals surface area contributed by atoms with Crippen molar-refractivity contribution >= 4 is 17.8 Å². The number of aromatic nitrogens is 3. The first kappa shape index (κ1) is 12.9. The fraction of sp³-hybridized carbons (Fsp3) is 0.556. The lowest BCUT2D eigenvalue weighted by Gasteiger charge is -2.07. The number of carbonyl (C=O) groups excluding carboxylic acids is 1. The molecule has 0 aromatic carbocycles. The van der Waals surface area contributed by atoms with E-state index in [0.29, 0.717) is 13.2 Å². The van der Waals surface area contributed by atoms with Crippen molar-refractivity contribution in [2.45, 2.75) is 13.8 Å². The Morgan fingerprint density at radius 1 is 1.35 bits per heavy atom. The van der Waals surface area contributed by atoms with Crippen LogP contribution in [0.1, 0.15) is 13.8 Å². The van der Waals surface area contributed by atoms with Gasteiger partial charge in [0.15, 0.2) is 0 Å². The SMILES string of the molecule is CCNC(=O)CNc1nc(N)nc(OCC)n1. The molecule has 8 heteroatoms. The van der Waals surface area contributed by atoms with Gasteiger partial charge in [-0.2, -0.15) is 15.0 Å². The van der Waals surface area contributed by atoms with Crippen LogP contribution < -0.4 is 21.1 Å². The van der Waals surface area contributed by atoms with Crippen LogP contribution in [0.5, 0.6) is 6.01 Å². The molecule has 0 aliphatic rings. The number of likely N-dealkylation sites (N-methyl/N-ethyl adjacent to an activating group) is 1. The van der Waals surface area contributed by atoms with Crippen LogP contribution in [-0.4, -0.2) is 40.6 Å². The molecule has 0 unspecified atom stereocenters. The maximum absolute atomic E-state index is 11.2. The molecule has 0 radical (unpaired) electrons. The van der Waals surface area contributed by atoms with Crippen molar-refractivity contribution in [3.05, 3.63) is 0 Å². The molecule has 94 valence electrons. The van der Waals surface area contributed by atoms with Gasteiger partial charge in [0.25, 0.3) is 0 Å². The minimum absolute atomic E-state index is 0.0434. The van der Waals surface area contributed by atoms with Gasteiger partial charge >= 0.3 is 6.01 Å². The number of hydrogen-bond donors (Lipinski definition) is 3. The van der Waals surface area contributed by atoms with Crippen molar-refractivity contribution < 1.29 is 9.53 Å². The lowest BCUT2D eigenvalue weighted by Crippen LogP contribution is -2.30. The summed E-state index contributed by atoms with van der Waals surface area (Å²) in [6, 6.07) is 0.137. The Labute approximate surface area is 99.0 Å². The average Bonchev–Trinajstić information content (AvgIpc) is 2.26. The predicted molar refractivity (Wildman–Crippen MR) is 62.6 cm³/mol. The number of carbonyl (C=O) groups is 1. The quantitative estimate of drug-likeness (QED) is 0.608. The molecule has 1 heterocycles. The minimum Gasteiger partial charge on any atom is -0.464 e. The van der Waals surface area contributed by atoms with E-state index in [4.69, 9.17) is 10.5 Å². The van der Waals surface area contributed by atoms with E-state index in [-0.39, 0.29) is 30.4 Å². The summed E-state index contributed by atoms with van der Waals surface area (Å²) in [7, 11) is 0. The van der Waals surface area contributed by atoms with E-state index in [1.807, 2.05) is 13.8 Å². The summed E-state index contributed by atoms with van der Waals surface area (Å²) in [6.45, 7) is 4.72. The molecule has 0 fully saturated rings. The highest BCUT2D eigenvalue weighted by molar-refractivity contribution is 5.80. The first-order valence-electron chi connectivity index (χ1n) is 5.30. The highest BCUT2D eigenvalue weighted by Gasteiger charge is 2.06. The zero-order valence-electron chi connectivity index (χ0n) is 9.86. The molecule has 0 saturated carbocycles. The molecule has 0 bridgehead atoms. The summed E-state index contributed by atoms with van der Waals surface area (Å²) in [5.41, 5.74) is 5.47. The van der Waals surface area contributed by atoms with Crippen molar-refractivity contribution in [1.82, 2.24) is 20.3 Å². The highest BCUT2D eigenvalue weighted by atomic mass is 16.5.